The second kappa shape index (κ2) is 8.05. The predicted molar refractivity (Wildman–Crippen MR) is 104 cm³/mol. The molecule has 0 saturated carbocycles. The Balaban J connectivity index is 1.92. The highest BCUT2D eigenvalue weighted by molar-refractivity contribution is 8.18. The van der Waals surface area contributed by atoms with Gasteiger partial charge in [-0.2, -0.15) is 0 Å². The van der Waals surface area contributed by atoms with Crippen molar-refractivity contribution in [2.75, 3.05) is 20.8 Å². The van der Waals surface area contributed by atoms with E-state index in [-0.39, 0.29) is 5.91 Å². The number of benzene rings is 1. The molecule has 0 N–H and O–H groups in total. The number of rotatable bonds is 5. The largest absolute Gasteiger partial charge is 0.493 e. The Bertz CT molecular complexity index is 866. The molecule has 0 radical (unpaired) electrons. The summed E-state index contributed by atoms with van der Waals surface area (Å²) in [5.41, 5.74) is 0.855. The average molecular weight is 369 g/mol. The number of amidine groups is 1. The molecule has 1 aromatic heterocycles. The maximum atomic E-state index is 12.7. The third kappa shape index (κ3) is 3.72. The van der Waals surface area contributed by atoms with Crippen LogP contribution >= 0.6 is 11.8 Å². The third-order valence-corrected chi connectivity index (χ3v) is 4.78. The number of carbonyl (C=O) groups excluding carboxylic acids is 1. The second-order valence-corrected chi connectivity index (χ2v) is 6.37. The molecule has 0 atom stereocenters. The number of methoxy groups -OCH3 is 2. The highest BCUT2D eigenvalue weighted by Crippen LogP contribution is 2.35. The Morgan fingerprint density at radius 2 is 2.00 bits per heavy atom. The lowest BCUT2D eigenvalue weighted by molar-refractivity contribution is -0.122. The molecule has 134 valence electrons. The Hall–Kier alpha value is -2.80. The van der Waals surface area contributed by atoms with Crippen LogP contribution in [0.15, 0.2) is 52.5 Å². The summed E-state index contributed by atoms with van der Waals surface area (Å²) in [4.78, 5) is 23.6. The zero-order valence-corrected chi connectivity index (χ0v) is 15.6. The Morgan fingerprint density at radius 1 is 1.19 bits per heavy atom. The number of nitrogens with zero attached hydrogens (tertiary/aromatic N) is 3. The summed E-state index contributed by atoms with van der Waals surface area (Å²) >= 11 is 1.34. The van der Waals surface area contributed by atoms with Gasteiger partial charge >= 0.3 is 0 Å². The van der Waals surface area contributed by atoms with Crippen LogP contribution in [0.2, 0.25) is 0 Å². The Morgan fingerprint density at radius 3 is 2.65 bits per heavy atom. The number of carbonyl (C=O) groups is 1. The number of likely N-dealkylation sites (N-methyl/N-ethyl adjacent to an activating group) is 1. The summed E-state index contributed by atoms with van der Waals surface area (Å²) in [5.74, 6) is 1.77. The lowest BCUT2D eigenvalue weighted by atomic mass is 10.2. The van der Waals surface area contributed by atoms with Crippen molar-refractivity contribution in [1.29, 1.82) is 0 Å². The van der Waals surface area contributed by atoms with E-state index >= 15 is 0 Å². The molecule has 1 fully saturated rings. The van der Waals surface area contributed by atoms with Crippen molar-refractivity contribution < 1.29 is 14.3 Å². The minimum Gasteiger partial charge on any atom is -0.493 e. The Kier molecular flexibility index (Phi) is 5.58. The van der Waals surface area contributed by atoms with Gasteiger partial charge in [0.05, 0.1) is 19.1 Å². The van der Waals surface area contributed by atoms with Crippen LogP contribution in [0.5, 0.6) is 11.5 Å². The van der Waals surface area contributed by atoms with E-state index in [1.54, 1.807) is 25.3 Å². The quantitative estimate of drug-likeness (QED) is 0.752. The highest BCUT2D eigenvalue weighted by Gasteiger charge is 2.32. The number of aromatic nitrogens is 1. The first-order chi connectivity index (χ1) is 12.7. The second-order valence-electron chi connectivity index (χ2n) is 5.36. The van der Waals surface area contributed by atoms with Crippen molar-refractivity contribution in [3.8, 4) is 11.5 Å². The lowest BCUT2D eigenvalue weighted by Crippen LogP contribution is -2.28. The van der Waals surface area contributed by atoms with E-state index in [1.165, 1.54) is 11.8 Å². The number of amides is 1. The van der Waals surface area contributed by atoms with Crippen LogP contribution < -0.4 is 9.47 Å². The van der Waals surface area contributed by atoms with Crippen molar-refractivity contribution in [1.82, 2.24) is 9.88 Å². The van der Waals surface area contributed by atoms with E-state index in [4.69, 9.17) is 9.47 Å². The zero-order chi connectivity index (χ0) is 18.5. The van der Waals surface area contributed by atoms with Gasteiger partial charge in [-0.05, 0) is 54.6 Å². The van der Waals surface area contributed by atoms with Crippen molar-refractivity contribution in [3.63, 3.8) is 0 Å². The standard InChI is InChI=1S/C19H19N3O3S/c1-4-22-18(23)16(26-19(22)21-17-7-5-6-10-20-17)12-13-8-9-14(24-2)15(11-13)25-3/h5-12H,4H2,1-3H3/b16-12-,21-19+. The van der Waals surface area contributed by atoms with Gasteiger partial charge < -0.3 is 9.47 Å². The number of aliphatic imine (C=N–C) groups is 1. The molecule has 0 unspecified atom stereocenters. The summed E-state index contributed by atoms with van der Waals surface area (Å²) in [7, 11) is 3.17. The molecule has 3 rings (SSSR count). The molecule has 1 aliphatic heterocycles. The first-order valence-electron chi connectivity index (χ1n) is 8.09. The van der Waals surface area contributed by atoms with E-state index in [0.717, 1.165) is 5.56 Å². The van der Waals surface area contributed by atoms with E-state index in [0.29, 0.717) is 33.9 Å². The number of hydrogen-bond donors (Lipinski definition) is 0. The van der Waals surface area contributed by atoms with E-state index < -0.39 is 0 Å². The van der Waals surface area contributed by atoms with Crippen LogP contribution in [0.3, 0.4) is 0 Å². The number of hydrogen-bond acceptors (Lipinski definition) is 6. The molecule has 0 aliphatic carbocycles. The van der Waals surface area contributed by atoms with Crippen LogP contribution in [0, 0.1) is 0 Å². The van der Waals surface area contributed by atoms with E-state index in [1.807, 2.05) is 49.4 Å². The minimum absolute atomic E-state index is 0.0676. The molecule has 26 heavy (non-hydrogen) atoms. The SMILES string of the molecule is CCN1C(=O)/C(=C/c2ccc(OC)c(OC)c2)S/C1=N/c1ccccn1. The molecule has 7 heteroatoms. The highest BCUT2D eigenvalue weighted by atomic mass is 32.2. The fourth-order valence-corrected chi connectivity index (χ4v) is 3.53. The molecule has 1 saturated heterocycles. The van der Waals surface area contributed by atoms with Gasteiger partial charge in [0.15, 0.2) is 22.5 Å². The molecule has 1 aliphatic rings. The summed E-state index contributed by atoms with van der Waals surface area (Å²) in [5, 5.41) is 0.628. The predicted octanol–water partition coefficient (Wildman–Crippen LogP) is 3.72. The first kappa shape index (κ1) is 18.0. The van der Waals surface area contributed by atoms with Crippen molar-refractivity contribution in [2.45, 2.75) is 6.92 Å². The smallest absolute Gasteiger partial charge is 0.266 e. The van der Waals surface area contributed by atoms with Crippen LogP contribution in [-0.2, 0) is 4.79 Å². The molecule has 6 nitrogen and oxygen atoms in total. The van der Waals surface area contributed by atoms with Crippen molar-refractivity contribution in [2.24, 2.45) is 4.99 Å². The number of ether oxygens (including phenoxy) is 2. The first-order valence-corrected chi connectivity index (χ1v) is 8.91. The molecule has 0 spiro atoms. The monoisotopic (exact) mass is 369 g/mol. The minimum atomic E-state index is -0.0676. The maximum absolute atomic E-state index is 12.7. The molecule has 1 aromatic carbocycles. The van der Waals surface area contributed by atoms with Crippen molar-refractivity contribution in [3.05, 3.63) is 53.1 Å². The van der Waals surface area contributed by atoms with Gasteiger partial charge in [-0.25, -0.2) is 9.98 Å². The van der Waals surface area contributed by atoms with Gasteiger partial charge in [-0.1, -0.05) is 12.1 Å². The van der Waals surface area contributed by atoms with Crippen LogP contribution in [0.4, 0.5) is 5.82 Å². The van der Waals surface area contributed by atoms with Gasteiger partial charge in [0.2, 0.25) is 0 Å². The van der Waals surface area contributed by atoms with Crippen molar-refractivity contribution >= 4 is 34.7 Å². The lowest BCUT2D eigenvalue weighted by Gasteiger charge is -2.11. The maximum Gasteiger partial charge on any atom is 0.266 e. The van der Waals surface area contributed by atoms with Crippen LogP contribution in [0.1, 0.15) is 12.5 Å². The molecular weight excluding hydrogens is 350 g/mol. The zero-order valence-electron chi connectivity index (χ0n) is 14.8. The fraction of sp³-hybridized carbons (Fsp3) is 0.211. The van der Waals surface area contributed by atoms with E-state index in [9.17, 15) is 4.79 Å². The molecule has 1 amide bonds. The van der Waals surface area contributed by atoms with Crippen LogP contribution in [-0.4, -0.2) is 41.7 Å². The van der Waals surface area contributed by atoms with Gasteiger partial charge in [0.1, 0.15) is 0 Å². The topological polar surface area (TPSA) is 64.0 Å². The molecule has 2 heterocycles. The summed E-state index contributed by atoms with van der Waals surface area (Å²) < 4.78 is 10.6. The summed E-state index contributed by atoms with van der Waals surface area (Å²) in [6, 6.07) is 11.0. The molecule has 2 aromatic rings. The Labute approximate surface area is 156 Å². The van der Waals surface area contributed by atoms with Gasteiger partial charge in [0, 0.05) is 12.7 Å². The average Bonchev–Trinajstić information content (AvgIpc) is 2.96. The third-order valence-electron chi connectivity index (χ3n) is 3.77. The van der Waals surface area contributed by atoms with Gasteiger partial charge in [0.25, 0.3) is 5.91 Å². The van der Waals surface area contributed by atoms with Gasteiger partial charge in [-0.3, -0.25) is 9.69 Å². The number of pyridine rings is 1. The van der Waals surface area contributed by atoms with Crippen LogP contribution in [0.25, 0.3) is 6.08 Å². The van der Waals surface area contributed by atoms with E-state index in [2.05, 4.69) is 9.98 Å². The fourth-order valence-electron chi connectivity index (χ4n) is 2.48. The van der Waals surface area contributed by atoms with Gasteiger partial charge in [-0.15, -0.1) is 0 Å². The summed E-state index contributed by atoms with van der Waals surface area (Å²) in [6.07, 6.45) is 3.51. The summed E-state index contributed by atoms with van der Waals surface area (Å²) in [6.45, 7) is 2.46. The molecular formula is C19H19N3O3S. The molecule has 0 bridgehead atoms. The normalized spacial score (nSPS) is 17.2. The number of thioether (sulfide) groups is 1.